The van der Waals surface area contributed by atoms with Gasteiger partial charge < -0.3 is 19.3 Å². The van der Waals surface area contributed by atoms with Gasteiger partial charge in [-0.2, -0.15) is 4.98 Å². The van der Waals surface area contributed by atoms with Crippen LogP contribution in [0.25, 0.3) is 0 Å². The maximum Gasteiger partial charge on any atom is 0.308 e. The molecule has 2 heterocycles. The number of ether oxygens (including phenoxy) is 1. The number of hydrogen-bond acceptors (Lipinski definition) is 6. The average molecular weight is 345 g/mol. The van der Waals surface area contributed by atoms with Crippen LogP contribution in [0.2, 0.25) is 0 Å². The molecule has 1 aromatic carbocycles. The van der Waals surface area contributed by atoms with E-state index in [0.717, 1.165) is 0 Å². The van der Waals surface area contributed by atoms with E-state index in [0.29, 0.717) is 42.4 Å². The second-order valence-corrected chi connectivity index (χ2v) is 5.97. The van der Waals surface area contributed by atoms with Crippen molar-refractivity contribution in [3.63, 3.8) is 0 Å². The number of aromatic nitrogens is 2. The molecule has 8 heteroatoms. The number of hydrogen-bond donors (Lipinski definition) is 1. The van der Waals surface area contributed by atoms with E-state index in [1.165, 1.54) is 0 Å². The minimum atomic E-state index is -0.856. The molecule has 8 nitrogen and oxygen atoms in total. The summed E-state index contributed by atoms with van der Waals surface area (Å²) in [6.45, 7) is 2.63. The highest BCUT2D eigenvalue weighted by molar-refractivity contribution is 5.95. The second-order valence-electron chi connectivity index (χ2n) is 5.97. The second kappa shape index (κ2) is 7.33. The molecule has 1 aliphatic rings. The number of aryl methyl sites for hydroxylation is 1. The zero-order chi connectivity index (χ0) is 17.8. The number of carboxylic acids is 1. The molecule has 0 saturated carbocycles. The van der Waals surface area contributed by atoms with Crippen LogP contribution >= 0.6 is 0 Å². The third-order valence-electron chi connectivity index (χ3n) is 4.08. The van der Waals surface area contributed by atoms with E-state index in [1.54, 1.807) is 36.1 Å². The van der Waals surface area contributed by atoms with Crippen molar-refractivity contribution in [1.82, 2.24) is 15.0 Å². The molecule has 132 valence electrons. The van der Waals surface area contributed by atoms with E-state index in [9.17, 15) is 9.59 Å². The van der Waals surface area contributed by atoms with E-state index in [2.05, 4.69) is 10.1 Å². The van der Waals surface area contributed by atoms with E-state index in [4.69, 9.17) is 14.4 Å². The Morgan fingerprint density at radius 3 is 3.00 bits per heavy atom. The van der Waals surface area contributed by atoms with Crippen LogP contribution in [0, 0.1) is 12.8 Å². The van der Waals surface area contributed by atoms with Gasteiger partial charge in [0, 0.05) is 25.6 Å². The Hall–Kier alpha value is -2.90. The third kappa shape index (κ3) is 4.14. The molecule has 1 amide bonds. The lowest BCUT2D eigenvalue weighted by molar-refractivity contribution is -0.143. The van der Waals surface area contributed by atoms with Gasteiger partial charge in [0.1, 0.15) is 5.75 Å². The molecule has 1 atom stereocenters. The van der Waals surface area contributed by atoms with Gasteiger partial charge in [-0.15, -0.1) is 0 Å². The molecule has 0 spiro atoms. The lowest BCUT2D eigenvalue weighted by Gasteiger charge is -2.30. The van der Waals surface area contributed by atoms with Crippen LogP contribution in [0.15, 0.2) is 28.8 Å². The molecule has 25 heavy (non-hydrogen) atoms. The standard InChI is InChI=1S/C17H19N3O5/c1-11-18-15(19-25-11)10-24-14-6-2-4-12(8-14)16(21)20-7-3-5-13(9-20)17(22)23/h2,4,6,8,13H,3,5,7,9-10H2,1H3,(H,22,23)/t13-/m0/s1. The van der Waals surface area contributed by atoms with Gasteiger partial charge in [-0.25, -0.2) is 0 Å². The Bertz CT molecular complexity index is 773. The zero-order valence-corrected chi connectivity index (χ0v) is 13.8. The Kier molecular flexibility index (Phi) is 4.97. The van der Waals surface area contributed by atoms with Crippen molar-refractivity contribution in [2.24, 2.45) is 5.92 Å². The SMILES string of the molecule is Cc1nc(COc2cccc(C(=O)N3CCC[C@H](C(=O)O)C3)c2)no1. The number of aliphatic carboxylic acids is 1. The maximum absolute atomic E-state index is 12.6. The van der Waals surface area contributed by atoms with Crippen LogP contribution in [-0.2, 0) is 11.4 Å². The van der Waals surface area contributed by atoms with Crippen molar-refractivity contribution >= 4 is 11.9 Å². The predicted molar refractivity (Wildman–Crippen MR) is 86.1 cm³/mol. The van der Waals surface area contributed by atoms with Crippen molar-refractivity contribution in [3.05, 3.63) is 41.5 Å². The molecule has 1 fully saturated rings. The van der Waals surface area contributed by atoms with Gasteiger partial charge in [-0.1, -0.05) is 11.2 Å². The molecule has 3 rings (SSSR count). The Morgan fingerprint density at radius 2 is 2.28 bits per heavy atom. The highest BCUT2D eigenvalue weighted by Gasteiger charge is 2.28. The highest BCUT2D eigenvalue weighted by atomic mass is 16.5. The lowest BCUT2D eigenvalue weighted by Crippen LogP contribution is -2.42. The number of carbonyl (C=O) groups is 2. The minimum Gasteiger partial charge on any atom is -0.485 e. The number of rotatable bonds is 5. The lowest BCUT2D eigenvalue weighted by atomic mass is 9.97. The third-order valence-corrected chi connectivity index (χ3v) is 4.08. The summed E-state index contributed by atoms with van der Waals surface area (Å²) in [7, 11) is 0. The van der Waals surface area contributed by atoms with Crippen LogP contribution in [0.3, 0.4) is 0 Å². The van der Waals surface area contributed by atoms with Crippen LogP contribution < -0.4 is 4.74 Å². The minimum absolute atomic E-state index is 0.139. The first-order valence-electron chi connectivity index (χ1n) is 8.07. The maximum atomic E-state index is 12.6. The molecule has 1 aromatic heterocycles. The number of carboxylic acid groups (broad SMARTS) is 1. The van der Waals surface area contributed by atoms with Crippen LogP contribution in [0.1, 0.15) is 34.9 Å². The molecule has 1 aliphatic heterocycles. The first-order chi connectivity index (χ1) is 12.0. The number of likely N-dealkylation sites (tertiary alicyclic amines) is 1. The molecule has 0 radical (unpaired) electrons. The summed E-state index contributed by atoms with van der Waals surface area (Å²) in [5.74, 6) is -0.148. The van der Waals surface area contributed by atoms with E-state index in [1.807, 2.05) is 0 Å². The quantitative estimate of drug-likeness (QED) is 0.882. The van der Waals surface area contributed by atoms with Crippen molar-refractivity contribution in [3.8, 4) is 5.75 Å². The van der Waals surface area contributed by atoms with Crippen LogP contribution in [0.5, 0.6) is 5.75 Å². The topological polar surface area (TPSA) is 106 Å². The summed E-state index contributed by atoms with van der Waals surface area (Å²) in [6.07, 6.45) is 1.29. The number of amides is 1. The first kappa shape index (κ1) is 16.9. The first-order valence-corrected chi connectivity index (χ1v) is 8.07. The van der Waals surface area contributed by atoms with Gasteiger partial charge >= 0.3 is 5.97 Å². The summed E-state index contributed by atoms with van der Waals surface area (Å²) < 4.78 is 10.5. The Balaban J connectivity index is 1.65. The van der Waals surface area contributed by atoms with Gasteiger partial charge in [0.2, 0.25) is 11.7 Å². The number of piperidine rings is 1. The van der Waals surface area contributed by atoms with Gasteiger partial charge in [0.25, 0.3) is 5.91 Å². The molecule has 2 aromatic rings. The summed E-state index contributed by atoms with van der Waals surface area (Å²) in [4.78, 5) is 29.4. The largest absolute Gasteiger partial charge is 0.485 e. The molecule has 0 unspecified atom stereocenters. The average Bonchev–Trinajstić information content (AvgIpc) is 3.05. The van der Waals surface area contributed by atoms with Crippen molar-refractivity contribution in [2.45, 2.75) is 26.4 Å². The summed E-state index contributed by atoms with van der Waals surface area (Å²) >= 11 is 0. The zero-order valence-electron chi connectivity index (χ0n) is 13.8. The molecular formula is C17H19N3O5. The highest BCUT2D eigenvalue weighted by Crippen LogP contribution is 2.21. The molecule has 0 aliphatic carbocycles. The van der Waals surface area contributed by atoms with E-state index in [-0.39, 0.29) is 19.1 Å². The van der Waals surface area contributed by atoms with Gasteiger partial charge in [-0.05, 0) is 31.0 Å². The Labute approximate surface area is 144 Å². The number of carbonyl (C=O) groups excluding carboxylic acids is 1. The van der Waals surface area contributed by atoms with E-state index >= 15 is 0 Å². The van der Waals surface area contributed by atoms with Crippen LogP contribution in [0.4, 0.5) is 0 Å². The van der Waals surface area contributed by atoms with Gasteiger partial charge in [0.05, 0.1) is 5.92 Å². The number of benzene rings is 1. The molecule has 1 saturated heterocycles. The fraction of sp³-hybridized carbons (Fsp3) is 0.412. The predicted octanol–water partition coefficient (Wildman–Crippen LogP) is 1.89. The van der Waals surface area contributed by atoms with Crippen molar-refractivity contribution in [2.75, 3.05) is 13.1 Å². The van der Waals surface area contributed by atoms with Crippen molar-refractivity contribution < 1.29 is 24.0 Å². The molecular weight excluding hydrogens is 326 g/mol. The fourth-order valence-electron chi connectivity index (χ4n) is 2.81. The van der Waals surface area contributed by atoms with Crippen LogP contribution in [-0.4, -0.2) is 45.1 Å². The molecule has 0 bridgehead atoms. The number of nitrogens with zero attached hydrogens (tertiary/aromatic N) is 3. The monoisotopic (exact) mass is 345 g/mol. The van der Waals surface area contributed by atoms with Gasteiger partial charge in [-0.3, -0.25) is 9.59 Å². The van der Waals surface area contributed by atoms with E-state index < -0.39 is 11.9 Å². The smallest absolute Gasteiger partial charge is 0.308 e. The fourth-order valence-corrected chi connectivity index (χ4v) is 2.81. The normalized spacial score (nSPS) is 17.3. The van der Waals surface area contributed by atoms with Gasteiger partial charge in [0.15, 0.2) is 6.61 Å². The summed E-state index contributed by atoms with van der Waals surface area (Å²) in [5.41, 5.74) is 0.466. The van der Waals surface area contributed by atoms with Crippen molar-refractivity contribution in [1.29, 1.82) is 0 Å². The summed E-state index contributed by atoms with van der Waals surface area (Å²) in [6, 6.07) is 6.79. The molecule has 1 N–H and O–H groups in total. The summed E-state index contributed by atoms with van der Waals surface area (Å²) in [5, 5.41) is 12.9. The Morgan fingerprint density at radius 1 is 1.44 bits per heavy atom.